The molecule has 1 aromatic carbocycles. The average Bonchev–Trinajstić information content (AvgIpc) is 2.98. The van der Waals surface area contributed by atoms with Crippen LogP contribution in [0.25, 0.3) is 10.9 Å². The Morgan fingerprint density at radius 2 is 1.89 bits per heavy atom. The summed E-state index contributed by atoms with van der Waals surface area (Å²) in [7, 11) is 0. The quantitative estimate of drug-likeness (QED) is 0.759. The van der Waals surface area contributed by atoms with E-state index in [4.69, 9.17) is 0 Å². The summed E-state index contributed by atoms with van der Waals surface area (Å²) in [4.78, 5) is 3.44. The van der Waals surface area contributed by atoms with E-state index < -0.39 is 0 Å². The molecule has 1 N–H and O–H groups in total. The number of fused-ring (bicyclic) bond motifs is 1. The molecule has 0 atom stereocenters. The third kappa shape index (κ3) is 2.56. The maximum absolute atomic E-state index is 3.44. The summed E-state index contributed by atoms with van der Waals surface area (Å²) >= 11 is 0. The second kappa shape index (κ2) is 4.70. The standard InChI is InChI=1S/C18H25N/c1-18(2,3)15-8-9-17-16(11-15)14(12-19-17)10-13-6-4-5-7-13/h8-9,11-13,19H,4-7,10H2,1-3H3. The summed E-state index contributed by atoms with van der Waals surface area (Å²) in [6, 6.07) is 6.91. The van der Waals surface area contributed by atoms with Gasteiger partial charge in [-0.2, -0.15) is 0 Å². The normalized spacial score (nSPS) is 17.4. The minimum absolute atomic E-state index is 0.232. The Bertz CT molecular complexity index is 565. The van der Waals surface area contributed by atoms with Gasteiger partial charge in [0.25, 0.3) is 0 Å². The van der Waals surface area contributed by atoms with Crippen molar-refractivity contribution >= 4 is 10.9 Å². The molecule has 19 heavy (non-hydrogen) atoms. The van der Waals surface area contributed by atoms with Crippen LogP contribution in [0.1, 0.15) is 57.6 Å². The van der Waals surface area contributed by atoms with Crippen LogP contribution in [0.2, 0.25) is 0 Å². The molecule has 0 bridgehead atoms. The van der Waals surface area contributed by atoms with Gasteiger partial charge in [0.15, 0.2) is 0 Å². The molecule has 3 rings (SSSR count). The molecule has 0 amide bonds. The number of hydrogen-bond acceptors (Lipinski definition) is 0. The number of nitrogens with one attached hydrogen (secondary N) is 1. The Hall–Kier alpha value is -1.24. The van der Waals surface area contributed by atoms with Crippen LogP contribution in [0, 0.1) is 5.92 Å². The molecule has 1 aliphatic rings. The van der Waals surface area contributed by atoms with E-state index in [2.05, 4.69) is 50.2 Å². The number of rotatable bonds is 2. The number of H-pyrrole nitrogens is 1. The molecule has 0 unspecified atom stereocenters. The number of hydrogen-bond donors (Lipinski definition) is 1. The fourth-order valence-corrected chi connectivity index (χ4v) is 3.34. The second-order valence-corrected chi connectivity index (χ2v) is 7.18. The highest BCUT2D eigenvalue weighted by Gasteiger charge is 2.19. The predicted octanol–water partition coefficient (Wildman–Crippen LogP) is 5.20. The fraction of sp³-hybridized carbons (Fsp3) is 0.556. The van der Waals surface area contributed by atoms with Crippen LogP contribution < -0.4 is 0 Å². The molecule has 1 nitrogen and oxygen atoms in total. The van der Waals surface area contributed by atoms with Crippen molar-refractivity contribution in [3.05, 3.63) is 35.5 Å². The first kappa shape index (κ1) is 12.8. The highest BCUT2D eigenvalue weighted by molar-refractivity contribution is 5.84. The number of benzene rings is 1. The van der Waals surface area contributed by atoms with Crippen molar-refractivity contribution in [3.8, 4) is 0 Å². The van der Waals surface area contributed by atoms with Crippen LogP contribution in [0.4, 0.5) is 0 Å². The van der Waals surface area contributed by atoms with E-state index in [1.54, 1.807) is 0 Å². The van der Waals surface area contributed by atoms with Crippen molar-refractivity contribution in [2.45, 2.75) is 58.3 Å². The van der Waals surface area contributed by atoms with Crippen LogP contribution in [-0.2, 0) is 11.8 Å². The molecule has 2 aromatic rings. The smallest absolute Gasteiger partial charge is 0.0456 e. The van der Waals surface area contributed by atoms with E-state index in [0.29, 0.717) is 0 Å². The molecular weight excluding hydrogens is 230 g/mol. The monoisotopic (exact) mass is 255 g/mol. The highest BCUT2D eigenvalue weighted by atomic mass is 14.7. The molecule has 0 radical (unpaired) electrons. The molecule has 1 fully saturated rings. The average molecular weight is 255 g/mol. The molecule has 0 saturated heterocycles. The Balaban J connectivity index is 1.95. The molecular formula is C18H25N. The first-order chi connectivity index (χ1) is 9.04. The largest absolute Gasteiger partial charge is 0.361 e. The maximum Gasteiger partial charge on any atom is 0.0456 e. The number of aromatic nitrogens is 1. The van der Waals surface area contributed by atoms with E-state index in [-0.39, 0.29) is 5.41 Å². The second-order valence-electron chi connectivity index (χ2n) is 7.18. The molecule has 1 aromatic heterocycles. The minimum atomic E-state index is 0.232. The summed E-state index contributed by atoms with van der Waals surface area (Å²) < 4.78 is 0. The molecule has 0 spiro atoms. The zero-order chi connectivity index (χ0) is 13.5. The van der Waals surface area contributed by atoms with Gasteiger partial charge in [-0.25, -0.2) is 0 Å². The van der Waals surface area contributed by atoms with Crippen LogP contribution >= 0.6 is 0 Å². The van der Waals surface area contributed by atoms with Crippen LogP contribution in [-0.4, -0.2) is 4.98 Å². The lowest BCUT2D eigenvalue weighted by Crippen LogP contribution is -2.10. The van der Waals surface area contributed by atoms with Crippen molar-refractivity contribution in [3.63, 3.8) is 0 Å². The Kier molecular flexibility index (Phi) is 3.16. The van der Waals surface area contributed by atoms with Gasteiger partial charge in [-0.15, -0.1) is 0 Å². The summed E-state index contributed by atoms with van der Waals surface area (Å²) in [5, 5.41) is 1.44. The van der Waals surface area contributed by atoms with Crippen molar-refractivity contribution in [1.29, 1.82) is 0 Å². The fourth-order valence-electron chi connectivity index (χ4n) is 3.34. The number of aromatic amines is 1. The van der Waals surface area contributed by atoms with E-state index in [1.807, 2.05) is 0 Å². The predicted molar refractivity (Wildman–Crippen MR) is 82.7 cm³/mol. The van der Waals surface area contributed by atoms with Crippen molar-refractivity contribution in [1.82, 2.24) is 4.98 Å². The van der Waals surface area contributed by atoms with Gasteiger partial charge < -0.3 is 4.98 Å². The molecule has 1 aliphatic carbocycles. The van der Waals surface area contributed by atoms with Gasteiger partial charge in [0.05, 0.1) is 0 Å². The van der Waals surface area contributed by atoms with Gasteiger partial charge in [-0.3, -0.25) is 0 Å². The summed E-state index contributed by atoms with van der Waals surface area (Å²) in [5.41, 5.74) is 4.48. The minimum Gasteiger partial charge on any atom is -0.361 e. The zero-order valence-corrected chi connectivity index (χ0v) is 12.4. The summed E-state index contributed by atoms with van der Waals surface area (Å²) in [6.07, 6.45) is 9.20. The van der Waals surface area contributed by atoms with Gasteiger partial charge in [0.2, 0.25) is 0 Å². The zero-order valence-electron chi connectivity index (χ0n) is 12.4. The van der Waals surface area contributed by atoms with Gasteiger partial charge in [0, 0.05) is 17.1 Å². The third-order valence-corrected chi connectivity index (χ3v) is 4.62. The first-order valence-electron chi connectivity index (χ1n) is 7.64. The van der Waals surface area contributed by atoms with Gasteiger partial charge in [-0.1, -0.05) is 52.5 Å². The first-order valence-corrected chi connectivity index (χ1v) is 7.64. The van der Waals surface area contributed by atoms with Gasteiger partial charge >= 0.3 is 0 Å². The molecule has 0 aliphatic heterocycles. The lowest BCUT2D eigenvalue weighted by molar-refractivity contribution is 0.548. The summed E-state index contributed by atoms with van der Waals surface area (Å²) in [6.45, 7) is 6.87. The van der Waals surface area contributed by atoms with Crippen LogP contribution in [0.15, 0.2) is 24.4 Å². The SMILES string of the molecule is CC(C)(C)c1ccc2[nH]cc(CC3CCCC3)c2c1. The van der Waals surface area contributed by atoms with Gasteiger partial charge in [0.1, 0.15) is 0 Å². The Labute approximate surface area is 116 Å². The third-order valence-electron chi connectivity index (χ3n) is 4.62. The molecule has 1 heteroatoms. The van der Waals surface area contributed by atoms with Crippen molar-refractivity contribution in [2.75, 3.05) is 0 Å². The van der Waals surface area contributed by atoms with E-state index in [1.165, 1.54) is 54.1 Å². The highest BCUT2D eigenvalue weighted by Crippen LogP contribution is 2.32. The van der Waals surface area contributed by atoms with E-state index in [9.17, 15) is 0 Å². The maximum atomic E-state index is 3.44. The van der Waals surface area contributed by atoms with Crippen LogP contribution in [0.3, 0.4) is 0 Å². The van der Waals surface area contributed by atoms with Crippen molar-refractivity contribution < 1.29 is 0 Å². The summed E-state index contributed by atoms with van der Waals surface area (Å²) in [5.74, 6) is 0.914. The van der Waals surface area contributed by atoms with E-state index in [0.717, 1.165) is 5.92 Å². The molecule has 102 valence electrons. The molecule has 1 heterocycles. The Morgan fingerprint density at radius 3 is 2.58 bits per heavy atom. The van der Waals surface area contributed by atoms with Crippen molar-refractivity contribution in [2.24, 2.45) is 5.92 Å². The topological polar surface area (TPSA) is 15.8 Å². The molecule has 1 saturated carbocycles. The lowest BCUT2D eigenvalue weighted by Gasteiger charge is -2.19. The van der Waals surface area contributed by atoms with Gasteiger partial charge in [-0.05, 0) is 41.0 Å². The van der Waals surface area contributed by atoms with Crippen LogP contribution in [0.5, 0.6) is 0 Å². The lowest BCUT2D eigenvalue weighted by atomic mass is 9.86. The Morgan fingerprint density at radius 1 is 1.16 bits per heavy atom. The van der Waals surface area contributed by atoms with E-state index >= 15 is 0 Å².